The van der Waals surface area contributed by atoms with Gasteiger partial charge in [0.05, 0.1) is 0 Å². The van der Waals surface area contributed by atoms with Gasteiger partial charge in [0.25, 0.3) is 0 Å². The number of oxazole rings is 1. The number of aliphatic hydroxyl groups is 1. The summed E-state index contributed by atoms with van der Waals surface area (Å²) in [5, 5.41) is 9.01. The molecule has 1 aliphatic rings. The van der Waals surface area contributed by atoms with E-state index in [0.29, 0.717) is 11.8 Å². The van der Waals surface area contributed by atoms with Gasteiger partial charge < -0.3 is 14.5 Å². The molecule has 1 radical (unpaired) electrons. The van der Waals surface area contributed by atoms with Crippen molar-refractivity contribution >= 4 is 11.1 Å². The zero-order chi connectivity index (χ0) is 9.54. The molecule has 2 atom stereocenters. The largest absolute Gasteiger partial charge is 0.573 e. The number of nitrogens with zero attached hydrogens (tertiary/aromatic N) is 1. The SMILES string of the molecule is OC[C@@H]1C[C@H]1c1cccc2n[c-]oc12.[Y]. The second-order valence-electron chi connectivity index (χ2n) is 3.79. The fourth-order valence-electron chi connectivity index (χ4n) is 1.98. The molecule has 4 heteroatoms. The summed E-state index contributed by atoms with van der Waals surface area (Å²) in [4.78, 5) is 3.99. The van der Waals surface area contributed by atoms with Crippen LogP contribution in [0.2, 0.25) is 0 Å². The third-order valence-electron chi connectivity index (χ3n) is 2.90. The van der Waals surface area contributed by atoms with E-state index in [1.165, 1.54) is 0 Å². The molecule has 0 aliphatic heterocycles. The summed E-state index contributed by atoms with van der Waals surface area (Å²) in [7, 11) is 0. The second kappa shape index (κ2) is 4.32. The van der Waals surface area contributed by atoms with Crippen LogP contribution in [0.5, 0.6) is 0 Å². The van der Waals surface area contributed by atoms with Gasteiger partial charge in [-0.25, -0.2) is 0 Å². The van der Waals surface area contributed by atoms with Crippen molar-refractivity contribution in [3.63, 3.8) is 0 Å². The molecule has 3 nitrogen and oxygen atoms in total. The number of hydrogen-bond acceptors (Lipinski definition) is 3. The van der Waals surface area contributed by atoms with E-state index in [9.17, 15) is 0 Å². The van der Waals surface area contributed by atoms with Crippen LogP contribution in [0.3, 0.4) is 0 Å². The third kappa shape index (κ3) is 1.88. The minimum Gasteiger partial charge on any atom is -0.573 e. The molecule has 2 aromatic rings. The van der Waals surface area contributed by atoms with Crippen LogP contribution in [0, 0.1) is 12.3 Å². The molecule has 1 aromatic carbocycles. The molecule has 1 fully saturated rings. The number of para-hydroxylation sites is 1. The van der Waals surface area contributed by atoms with Crippen molar-refractivity contribution in [3.8, 4) is 0 Å². The summed E-state index contributed by atoms with van der Waals surface area (Å²) in [5.74, 6) is 0.857. The van der Waals surface area contributed by atoms with Crippen LogP contribution in [0.4, 0.5) is 0 Å². The summed E-state index contributed by atoms with van der Waals surface area (Å²) in [6.45, 7) is 0.263. The van der Waals surface area contributed by atoms with E-state index in [0.717, 1.165) is 23.1 Å². The molecule has 1 heterocycles. The molecule has 1 aliphatic carbocycles. The molecular formula is C11H10NO2Y-. The minimum absolute atomic E-state index is 0. The monoisotopic (exact) mass is 277 g/mol. The van der Waals surface area contributed by atoms with E-state index in [2.05, 4.69) is 11.4 Å². The van der Waals surface area contributed by atoms with E-state index in [1.54, 1.807) is 0 Å². The van der Waals surface area contributed by atoms with E-state index >= 15 is 0 Å². The van der Waals surface area contributed by atoms with Crippen molar-refractivity contribution in [2.75, 3.05) is 6.61 Å². The van der Waals surface area contributed by atoms with Crippen molar-refractivity contribution < 1.29 is 42.2 Å². The van der Waals surface area contributed by atoms with Crippen LogP contribution in [-0.2, 0) is 32.7 Å². The van der Waals surface area contributed by atoms with Gasteiger partial charge in [0, 0.05) is 39.3 Å². The van der Waals surface area contributed by atoms with Gasteiger partial charge in [0.2, 0.25) is 0 Å². The normalized spacial score (nSPS) is 23.8. The third-order valence-corrected chi connectivity index (χ3v) is 2.90. The van der Waals surface area contributed by atoms with Crippen LogP contribution in [0.1, 0.15) is 17.9 Å². The van der Waals surface area contributed by atoms with Crippen molar-refractivity contribution in [3.05, 3.63) is 30.2 Å². The fraction of sp³-hybridized carbons (Fsp3) is 0.364. The minimum atomic E-state index is 0. The van der Waals surface area contributed by atoms with Gasteiger partial charge in [0.1, 0.15) is 6.39 Å². The zero-order valence-corrected chi connectivity index (χ0v) is 11.0. The van der Waals surface area contributed by atoms with E-state index in [1.807, 2.05) is 18.2 Å². The number of benzene rings is 1. The first-order chi connectivity index (χ1) is 6.90. The molecule has 0 amide bonds. The molecule has 0 bridgehead atoms. The number of aliphatic hydroxyl groups excluding tert-OH is 1. The van der Waals surface area contributed by atoms with Crippen LogP contribution in [0.25, 0.3) is 11.1 Å². The summed E-state index contributed by atoms with van der Waals surface area (Å²) >= 11 is 0. The zero-order valence-electron chi connectivity index (χ0n) is 8.18. The molecule has 1 N–H and O–H groups in total. The van der Waals surface area contributed by atoms with Crippen LogP contribution in [0.15, 0.2) is 22.6 Å². The van der Waals surface area contributed by atoms with Crippen molar-refractivity contribution in [2.45, 2.75) is 12.3 Å². The molecular weight excluding hydrogens is 267 g/mol. The van der Waals surface area contributed by atoms with E-state index < -0.39 is 0 Å². The topological polar surface area (TPSA) is 46.3 Å². The van der Waals surface area contributed by atoms with Crippen LogP contribution >= 0.6 is 0 Å². The van der Waals surface area contributed by atoms with Gasteiger partial charge in [0.15, 0.2) is 0 Å². The van der Waals surface area contributed by atoms with Crippen molar-refractivity contribution in [1.29, 1.82) is 0 Å². The maximum absolute atomic E-state index is 9.01. The Balaban J connectivity index is 0.000000853. The average molecular weight is 277 g/mol. The summed E-state index contributed by atoms with van der Waals surface area (Å²) in [6.07, 6.45) is 3.56. The Labute approximate surface area is 113 Å². The number of hydrogen-bond donors (Lipinski definition) is 1. The van der Waals surface area contributed by atoms with E-state index in [-0.39, 0.29) is 39.3 Å². The smallest absolute Gasteiger partial charge is 0.103 e. The molecule has 1 saturated carbocycles. The Hall–Kier alpha value is -0.246. The quantitative estimate of drug-likeness (QED) is 0.850. The Bertz CT molecular complexity index is 468. The van der Waals surface area contributed by atoms with Crippen LogP contribution in [-0.4, -0.2) is 16.7 Å². The number of rotatable bonds is 2. The summed E-state index contributed by atoms with van der Waals surface area (Å²) in [6, 6.07) is 5.93. The Kier molecular flexibility index (Phi) is 3.24. The number of fused-ring (bicyclic) bond motifs is 1. The van der Waals surface area contributed by atoms with Gasteiger partial charge in [-0.1, -0.05) is 17.7 Å². The Morgan fingerprint density at radius 1 is 1.53 bits per heavy atom. The van der Waals surface area contributed by atoms with Gasteiger partial charge in [-0.2, -0.15) is 0 Å². The molecule has 0 spiro atoms. The molecule has 1 aromatic heterocycles. The van der Waals surface area contributed by atoms with Gasteiger partial charge in [-0.05, 0) is 29.4 Å². The predicted molar refractivity (Wildman–Crippen MR) is 50.8 cm³/mol. The molecule has 75 valence electrons. The first-order valence-electron chi connectivity index (χ1n) is 4.76. The Morgan fingerprint density at radius 2 is 2.40 bits per heavy atom. The maximum atomic E-state index is 9.01. The molecule has 3 rings (SSSR count). The first-order valence-corrected chi connectivity index (χ1v) is 4.76. The molecule has 15 heavy (non-hydrogen) atoms. The number of aromatic nitrogens is 1. The second-order valence-corrected chi connectivity index (χ2v) is 3.79. The summed E-state index contributed by atoms with van der Waals surface area (Å²) < 4.78 is 5.23. The molecule has 0 saturated heterocycles. The van der Waals surface area contributed by atoms with Crippen LogP contribution < -0.4 is 0 Å². The average Bonchev–Trinajstić information content (AvgIpc) is 2.85. The fourth-order valence-corrected chi connectivity index (χ4v) is 1.98. The first kappa shape index (κ1) is 11.2. The maximum Gasteiger partial charge on any atom is 0.103 e. The van der Waals surface area contributed by atoms with Gasteiger partial charge >= 0.3 is 0 Å². The molecule has 0 unspecified atom stereocenters. The van der Waals surface area contributed by atoms with E-state index in [4.69, 9.17) is 9.52 Å². The van der Waals surface area contributed by atoms with Crippen molar-refractivity contribution in [2.24, 2.45) is 5.92 Å². The van der Waals surface area contributed by atoms with Gasteiger partial charge in [-0.3, -0.25) is 0 Å². The van der Waals surface area contributed by atoms with Crippen molar-refractivity contribution in [1.82, 2.24) is 4.98 Å². The standard InChI is InChI=1S/C11H10NO2.Y/c13-5-7-4-9(7)8-2-1-3-10-11(8)14-6-12-10;/h1-3,7,9,13H,4-5H2;/q-1;/t7-,9+;/m0./s1. The Morgan fingerprint density at radius 3 is 3.13 bits per heavy atom. The predicted octanol–water partition coefficient (Wildman–Crippen LogP) is 1.72. The van der Waals surface area contributed by atoms with Gasteiger partial charge in [-0.15, -0.1) is 6.07 Å². The summed E-state index contributed by atoms with van der Waals surface area (Å²) in [5.41, 5.74) is 2.84.